The molecular formula is C17H25N3O3. The second kappa shape index (κ2) is 7.27. The van der Waals surface area contributed by atoms with Gasteiger partial charge in [-0.15, -0.1) is 6.58 Å². The summed E-state index contributed by atoms with van der Waals surface area (Å²) in [6, 6.07) is 2.00. The van der Waals surface area contributed by atoms with Crippen molar-refractivity contribution in [3.8, 4) is 0 Å². The molecule has 0 unspecified atom stereocenters. The normalized spacial score (nSPS) is 27.7. The van der Waals surface area contributed by atoms with E-state index in [4.69, 9.17) is 9.26 Å². The van der Waals surface area contributed by atoms with Crippen LogP contribution in [0.2, 0.25) is 0 Å². The second-order valence-corrected chi connectivity index (χ2v) is 6.51. The minimum Gasteiger partial charge on any atom is -0.381 e. The number of nitrogens with one attached hydrogen (secondary N) is 2. The lowest BCUT2D eigenvalue weighted by Crippen LogP contribution is -2.51. The number of carbonyl (C=O) groups is 1. The molecule has 0 bridgehead atoms. The Bertz CT molecular complexity index is 543. The van der Waals surface area contributed by atoms with Crippen LogP contribution in [0.25, 0.3) is 0 Å². The van der Waals surface area contributed by atoms with Crippen LogP contribution in [0.3, 0.4) is 0 Å². The third-order valence-corrected chi connectivity index (χ3v) is 4.80. The summed E-state index contributed by atoms with van der Waals surface area (Å²) in [5.41, 5.74) is 0.479. The molecule has 2 N–H and O–H groups in total. The summed E-state index contributed by atoms with van der Waals surface area (Å²) in [6.07, 6.45) is 5.10. The number of hydrogen-bond acceptors (Lipinski definition) is 5. The highest BCUT2D eigenvalue weighted by Crippen LogP contribution is 2.33. The van der Waals surface area contributed by atoms with Crippen LogP contribution in [0, 0.1) is 5.41 Å². The molecule has 0 spiro atoms. The van der Waals surface area contributed by atoms with E-state index in [0.29, 0.717) is 32.0 Å². The molecule has 1 amide bonds. The summed E-state index contributed by atoms with van der Waals surface area (Å²) < 4.78 is 10.9. The smallest absolute Gasteiger partial charge is 0.228 e. The number of rotatable bonds is 6. The predicted octanol–water partition coefficient (Wildman–Crippen LogP) is 1.39. The topological polar surface area (TPSA) is 76.4 Å². The maximum absolute atomic E-state index is 12.7. The molecule has 3 rings (SSSR count). The lowest BCUT2D eigenvalue weighted by molar-refractivity contribution is -0.132. The van der Waals surface area contributed by atoms with E-state index in [1.165, 1.54) is 0 Å². The zero-order chi connectivity index (χ0) is 16.1. The molecule has 0 saturated carbocycles. The molecule has 2 atom stereocenters. The highest BCUT2D eigenvalue weighted by molar-refractivity contribution is 5.83. The van der Waals surface area contributed by atoms with E-state index in [2.05, 4.69) is 22.4 Å². The maximum atomic E-state index is 12.7. The first-order chi connectivity index (χ1) is 11.2. The fourth-order valence-electron chi connectivity index (χ4n) is 3.45. The highest BCUT2D eigenvalue weighted by Gasteiger charge is 2.40. The molecule has 2 aliphatic heterocycles. The van der Waals surface area contributed by atoms with Gasteiger partial charge in [-0.3, -0.25) is 4.79 Å². The SMILES string of the molecule is C=CCNC(=O)[C@@]1(Cc2cc([C@@H]3CCOC3)no2)CCCNC1. The van der Waals surface area contributed by atoms with Gasteiger partial charge in [0.15, 0.2) is 0 Å². The summed E-state index contributed by atoms with van der Waals surface area (Å²) in [5.74, 6) is 1.17. The minimum atomic E-state index is -0.468. The van der Waals surface area contributed by atoms with Gasteiger partial charge in [-0.1, -0.05) is 11.2 Å². The van der Waals surface area contributed by atoms with E-state index in [9.17, 15) is 4.79 Å². The molecule has 2 saturated heterocycles. The number of nitrogens with zero attached hydrogens (tertiary/aromatic N) is 1. The van der Waals surface area contributed by atoms with Gasteiger partial charge in [0.05, 0.1) is 17.7 Å². The van der Waals surface area contributed by atoms with Gasteiger partial charge >= 0.3 is 0 Å². The fraction of sp³-hybridized carbons (Fsp3) is 0.647. The average molecular weight is 319 g/mol. The number of carbonyl (C=O) groups excluding carboxylic acids is 1. The van der Waals surface area contributed by atoms with Crippen molar-refractivity contribution in [3.05, 3.63) is 30.2 Å². The average Bonchev–Trinajstić information content (AvgIpc) is 3.24. The number of ether oxygens (including phenoxy) is 1. The van der Waals surface area contributed by atoms with Crippen LogP contribution < -0.4 is 10.6 Å². The summed E-state index contributed by atoms with van der Waals surface area (Å²) in [4.78, 5) is 12.7. The number of piperidine rings is 1. The molecule has 1 aromatic heterocycles. The molecule has 2 fully saturated rings. The molecule has 126 valence electrons. The summed E-state index contributed by atoms with van der Waals surface area (Å²) in [7, 11) is 0. The standard InChI is InChI=1S/C17H25N3O3/c1-2-6-19-16(21)17(5-3-7-18-12-17)10-14-9-15(20-23-14)13-4-8-22-11-13/h2,9,13,18H,1,3-8,10-12H2,(H,19,21)/t13-,17-/m1/s1. The van der Waals surface area contributed by atoms with Crippen LogP contribution in [-0.2, 0) is 16.0 Å². The molecule has 6 heteroatoms. The van der Waals surface area contributed by atoms with E-state index in [-0.39, 0.29) is 5.91 Å². The van der Waals surface area contributed by atoms with Gasteiger partial charge in [0, 0.05) is 38.1 Å². The van der Waals surface area contributed by atoms with Crippen molar-refractivity contribution in [1.82, 2.24) is 15.8 Å². The van der Waals surface area contributed by atoms with E-state index in [1.54, 1.807) is 6.08 Å². The van der Waals surface area contributed by atoms with Crippen molar-refractivity contribution in [3.63, 3.8) is 0 Å². The fourth-order valence-corrected chi connectivity index (χ4v) is 3.45. The van der Waals surface area contributed by atoms with Crippen molar-refractivity contribution in [2.45, 2.75) is 31.6 Å². The lowest BCUT2D eigenvalue weighted by atomic mass is 9.76. The first-order valence-electron chi connectivity index (χ1n) is 8.37. The first-order valence-corrected chi connectivity index (χ1v) is 8.37. The lowest BCUT2D eigenvalue weighted by Gasteiger charge is -2.35. The van der Waals surface area contributed by atoms with Gasteiger partial charge in [-0.2, -0.15) is 0 Å². The molecular weight excluding hydrogens is 294 g/mol. The van der Waals surface area contributed by atoms with E-state index in [0.717, 1.165) is 43.9 Å². The second-order valence-electron chi connectivity index (χ2n) is 6.51. The Labute approximate surface area is 136 Å². The zero-order valence-electron chi connectivity index (χ0n) is 13.5. The van der Waals surface area contributed by atoms with Crippen molar-refractivity contribution < 1.29 is 14.1 Å². The van der Waals surface area contributed by atoms with E-state index >= 15 is 0 Å². The number of amides is 1. The Hall–Kier alpha value is -1.66. The van der Waals surface area contributed by atoms with E-state index in [1.807, 2.05) is 6.07 Å². The van der Waals surface area contributed by atoms with Crippen LogP contribution >= 0.6 is 0 Å². The van der Waals surface area contributed by atoms with E-state index < -0.39 is 5.41 Å². The Morgan fingerprint density at radius 2 is 2.52 bits per heavy atom. The van der Waals surface area contributed by atoms with Gasteiger partial charge in [0.1, 0.15) is 5.76 Å². The summed E-state index contributed by atoms with van der Waals surface area (Å²) in [5, 5.41) is 10.5. The minimum absolute atomic E-state index is 0.0618. The predicted molar refractivity (Wildman–Crippen MR) is 86.1 cm³/mol. The highest BCUT2D eigenvalue weighted by atomic mass is 16.5. The van der Waals surface area contributed by atoms with Crippen molar-refractivity contribution in [2.75, 3.05) is 32.8 Å². The quantitative estimate of drug-likeness (QED) is 0.775. The molecule has 2 aliphatic rings. The number of hydrogen-bond donors (Lipinski definition) is 2. The van der Waals surface area contributed by atoms with Gasteiger partial charge in [0.25, 0.3) is 0 Å². The Morgan fingerprint density at radius 3 is 3.22 bits per heavy atom. The van der Waals surface area contributed by atoms with Gasteiger partial charge in [-0.25, -0.2) is 0 Å². The zero-order valence-corrected chi connectivity index (χ0v) is 13.5. The Kier molecular flexibility index (Phi) is 5.13. The van der Waals surface area contributed by atoms with Crippen LogP contribution in [0.15, 0.2) is 23.2 Å². The van der Waals surface area contributed by atoms with Crippen LogP contribution in [0.4, 0.5) is 0 Å². The summed E-state index contributed by atoms with van der Waals surface area (Å²) >= 11 is 0. The first kappa shape index (κ1) is 16.2. The van der Waals surface area contributed by atoms with Crippen molar-refractivity contribution >= 4 is 5.91 Å². The summed E-state index contributed by atoms with van der Waals surface area (Å²) in [6.45, 7) is 7.26. The van der Waals surface area contributed by atoms with Gasteiger partial charge in [-0.05, 0) is 25.8 Å². The third kappa shape index (κ3) is 3.64. The van der Waals surface area contributed by atoms with Crippen LogP contribution in [0.5, 0.6) is 0 Å². The third-order valence-electron chi connectivity index (χ3n) is 4.80. The maximum Gasteiger partial charge on any atom is 0.228 e. The van der Waals surface area contributed by atoms with Crippen molar-refractivity contribution in [2.24, 2.45) is 5.41 Å². The molecule has 0 aromatic carbocycles. The molecule has 0 aliphatic carbocycles. The molecule has 23 heavy (non-hydrogen) atoms. The van der Waals surface area contributed by atoms with Crippen LogP contribution in [0.1, 0.15) is 36.6 Å². The Morgan fingerprint density at radius 1 is 1.61 bits per heavy atom. The largest absolute Gasteiger partial charge is 0.381 e. The molecule has 6 nitrogen and oxygen atoms in total. The van der Waals surface area contributed by atoms with Gasteiger partial charge in [0.2, 0.25) is 5.91 Å². The Balaban J connectivity index is 1.72. The van der Waals surface area contributed by atoms with Crippen molar-refractivity contribution in [1.29, 1.82) is 0 Å². The molecule has 1 aromatic rings. The molecule has 3 heterocycles. The van der Waals surface area contributed by atoms with Gasteiger partial charge < -0.3 is 19.9 Å². The van der Waals surface area contributed by atoms with Crippen LogP contribution in [-0.4, -0.2) is 43.9 Å². The number of aromatic nitrogens is 1. The monoisotopic (exact) mass is 319 g/mol. The molecule has 0 radical (unpaired) electrons.